The van der Waals surface area contributed by atoms with Gasteiger partial charge in [-0.2, -0.15) is 0 Å². The number of amides is 3. The van der Waals surface area contributed by atoms with Crippen molar-refractivity contribution in [1.29, 1.82) is 0 Å². The Balaban J connectivity index is 1.94. The summed E-state index contributed by atoms with van der Waals surface area (Å²) in [6.45, 7) is 4.72. The summed E-state index contributed by atoms with van der Waals surface area (Å²) in [6, 6.07) is 5.21. The van der Waals surface area contributed by atoms with Gasteiger partial charge in [-0.25, -0.2) is 0 Å². The fourth-order valence-corrected chi connectivity index (χ4v) is 2.73. The molecular weight excluding hydrogens is 296 g/mol. The molecule has 0 atom stereocenters. The molecule has 0 saturated carbocycles. The topological polar surface area (TPSA) is 77.9 Å². The minimum atomic E-state index is -0.292. The maximum atomic E-state index is 12.3. The van der Waals surface area contributed by atoms with Gasteiger partial charge in [0.25, 0.3) is 11.8 Å². The number of nitrogens with zero attached hydrogens (tertiary/aromatic N) is 2. The Morgan fingerprint density at radius 2 is 1.91 bits per heavy atom. The van der Waals surface area contributed by atoms with Crippen molar-refractivity contribution in [2.45, 2.75) is 26.7 Å². The van der Waals surface area contributed by atoms with Crippen LogP contribution in [0, 0.1) is 6.92 Å². The van der Waals surface area contributed by atoms with Crippen LogP contribution in [-0.2, 0) is 4.79 Å². The van der Waals surface area contributed by atoms with Gasteiger partial charge in [0.15, 0.2) is 0 Å². The van der Waals surface area contributed by atoms with Gasteiger partial charge in [-0.1, -0.05) is 11.6 Å². The number of aliphatic hydroxyl groups excluding tert-OH is 1. The molecule has 6 nitrogen and oxygen atoms in total. The first-order chi connectivity index (χ1) is 11.0. The number of aliphatic hydroxyl groups is 1. The second-order valence-corrected chi connectivity index (χ2v) is 5.61. The van der Waals surface area contributed by atoms with Gasteiger partial charge in [-0.3, -0.25) is 19.3 Å². The third-order valence-electron chi connectivity index (χ3n) is 4.00. The van der Waals surface area contributed by atoms with E-state index in [1.54, 1.807) is 17.0 Å². The van der Waals surface area contributed by atoms with E-state index >= 15 is 0 Å². The van der Waals surface area contributed by atoms with E-state index in [1.807, 2.05) is 19.9 Å². The van der Waals surface area contributed by atoms with Gasteiger partial charge in [0, 0.05) is 26.1 Å². The van der Waals surface area contributed by atoms with E-state index < -0.39 is 0 Å². The lowest BCUT2D eigenvalue weighted by atomic mass is 10.1. The molecule has 0 aromatic heterocycles. The number of hydrogen-bond donors (Lipinski definition) is 1. The normalized spacial score (nSPS) is 13.4. The van der Waals surface area contributed by atoms with Crippen molar-refractivity contribution in [2.24, 2.45) is 0 Å². The van der Waals surface area contributed by atoms with Crippen LogP contribution in [0.2, 0.25) is 0 Å². The molecule has 2 rings (SSSR count). The van der Waals surface area contributed by atoms with Crippen LogP contribution in [0.4, 0.5) is 0 Å². The number of carbonyl (C=O) groups is 3. The van der Waals surface area contributed by atoms with Crippen LogP contribution < -0.4 is 0 Å². The fraction of sp³-hybridized carbons (Fsp3) is 0.471. The molecule has 1 aromatic carbocycles. The lowest BCUT2D eigenvalue weighted by Crippen LogP contribution is -2.35. The summed E-state index contributed by atoms with van der Waals surface area (Å²) in [6.07, 6.45) is 0.672. The van der Waals surface area contributed by atoms with Crippen LogP contribution in [0.25, 0.3) is 0 Å². The van der Waals surface area contributed by atoms with Gasteiger partial charge in [0.2, 0.25) is 5.91 Å². The zero-order chi connectivity index (χ0) is 17.0. The molecule has 1 aromatic rings. The highest BCUT2D eigenvalue weighted by molar-refractivity contribution is 6.21. The SMILES string of the molecule is CCN(CCO)C(=O)CCCN1C(=O)c2ccc(C)cc2C1=O. The molecular formula is C17H22N2O4. The molecule has 1 aliphatic heterocycles. The lowest BCUT2D eigenvalue weighted by molar-refractivity contribution is -0.131. The maximum absolute atomic E-state index is 12.3. The van der Waals surface area contributed by atoms with E-state index in [0.29, 0.717) is 30.6 Å². The fourth-order valence-electron chi connectivity index (χ4n) is 2.73. The highest BCUT2D eigenvalue weighted by Crippen LogP contribution is 2.24. The average molecular weight is 318 g/mol. The number of carbonyl (C=O) groups excluding carboxylic acids is 3. The molecule has 1 heterocycles. The first-order valence-electron chi connectivity index (χ1n) is 7.85. The molecule has 6 heteroatoms. The number of hydrogen-bond acceptors (Lipinski definition) is 4. The molecule has 1 N–H and O–H groups in total. The molecule has 0 unspecified atom stereocenters. The van der Waals surface area contributed by atoms with E-state index in [1.165, 1.54) is 4.90 Å². The predicted octanol–water partition coefficient (Wildman–Crippen LogP) is 1.21. The third-order valence-corrected chi connectivity index (χ3v) is 4.00. The van der Waals surface area contributed by atoms with E-state index in [2.05, 4.69) is 0 Å². The molecule has 3 amide bonds. The Morgan fingerprint density at radius 3 is 2.57 bits per heavy atom. The summed E-state index contributed by atoms with van der Waals surface area (Å²) in [5, 5.41) is 8.92. The van der Waals surface area contributed by atoms with Crippen molar-refractivity contribution in [3.63, 3.8) is 0 Å². The van der Waals surface area contributed by atoms with E-state index in [4.69, 9.17) is 5.11 Å². The summed E-state index contributed by atoms with van der Waals surface area (Å²) in [4.78, 5) is 39.3. The van der Waals surface area contributed by atoms with Crippen molar-refractivity contribution in [3.8, 4) is 0 Å². The molecule has 124 valence electrons. The molecule has 23 heavy (non-hydrogen) atoms. The quantitative estimate of drug-likeness (QED) is 0.767. The van der Waals surface area contributed by atoms with Crippen molar-refractivity contribution < 1.29 is 19.5 Å². The second-order valence-electron chi connectivity index (χ2n) is 5.61. The van der Waals surface area contributed by atoms with Crippen LogP contribution in [0.5, 0.6) is 0 Å². The Hall–Kier alpha value is -2.21. The molecule has 0 aliphatic carbocycles. The van der Waals surface area contributed by atoms with Crippen LogP contribution >= 0.6 is 0 Å². The van der Waals surface area contributed by atoms with Crippen molar-refractivity contribution >= 4 is 17.7 Å². The third kappa shape index (κ3) is 3.59. The zero-order valence-corrected chi connectivity index (χ0v) is 13.5. The minimum absolute atomic E-state index is 0.0721. The number of likely N-dealkylation sites (N-methyl/N-ethyl adjacent to an activating group) is 1. The number of benzene rings is 1. The number of aryl methyl sites for hydroxylation is 1. The molecule has 0 bridgehead atoms. The van der Waals surface area contributed by atoms with Crippen molar-refractivity contribution in [3.05, 3.63) is 34.9 Å². The first kappa shape index (κ1) is 17.1. The number of imide groups is 1. The lowest BCUT2D eigenvalue weighted by Gasteiger charge is -2.20. The van der Waals surface area contributed by atoms with Crippen LogP contribution in [0.1, 0.15) is 46.0 Å². The molecule has 0 saturated heterocycles. The van der Waals surface area contributed by atoms with Gasteiger partial charge in [-0.15, -0.1) is 0 Å². The van der Waals surface area contributed by atoms with Gasteiger partial charge in [0.1, 0.15) is 0 Å². The number of fused-ring (bicyclic) bond motifs is 1. The van der Waals surface area contributed by atoms with Crippen molar-refractivity contribution in [2.75, 3.05) is 26.2 Å². The number of rotatable bonds is 7. The summed E-state index contributed by atoms with van der Waals surface area (Å²) in [5.41, 5.74) is 1.81. The Kier molecular flexibility index (Phi) is 5.50. The highest BCUT2D eigenvalue weighted by atomic mass is 16.3. The Bertz CT molecular complexity index is 627. The summed E-state index contributed by atoms with van der Waals surface area (Å²) < 4.78 is 0. The second kappa shape index (κ2) is 7.37. The maximum Gasteiger partial charge on any atom is 0.261 e. The van der Waals surface area contributed by atoms with E-state index in [-0.39, 0.29) is 37.3 Å². The van der Waals surface area contributed by atoms with Crippen LogP contribution in [0.3, 0.4) is 0 Å². The van der Waals surface area contributed by atoms with Gasteiger partial charge < -0.3 is 10.0 Å². The Morgan fingerprint density at radius 1 is 1.22 bits per heavy atom. The van der Waals surface area contributed by atoms with E-state index in [9.17, 15) is 14.4 Å². The van der Waals surface area contributed by atoms with Crippen molar-refractivity contribution in [1.82, 2.24) is 9.80 Å². The Labute approximate surface area is 135 Å². The monoisotopic (exact) mass is 318 g/mol. The van der Waals surface area contributed by atoms with Gasteiger partial charge >= 0.3 is 0 Å². The van der Waals surface area contributed by atoms with Gasteiger partial charge in [0.05, 0.1) is 17.7 Å². The molecule has 0 radical (unpaired) electrons. The predicted molar refractivity (Wildman–Crippen MR) is 85.1 cm³/mol. The molecule has 0 spiro atoms. The largest absolute Gasteiger partial charge is 0.395 e. The van der Waals surface area contributed by atoms with E-state index in [0.717, 1.165) is 5.56 Å². The first-order valence-corrected chi connectivity index (χ1v) is 7.85. The smallest absolute Gasteiger partial charge is 0.261 e. The van der Waals surface area contributed by atoms with Crippen LogP contribution in [0.15, 0.2) is 18.2 Å². The zero-order valence-electron chi connectivity index (χ0n) is 13.5. The average Bonchev–Trinajstić information content (AvgIpc) is 2.76. The minimum Gasteiger partial charge on any atom is -0.395 e. The van der Waals surface area contributed by atoms with Crippen LogP contribution in [-0.4, -0.2) is 58.9 Å². The standard InChI is InChI=1S/C17H22N2O4/c1-3-18(9-10-20)15(21)5-4-8-19-16(22)13-7-6-12(2)11-14(13)17(19)23/h6-7,11,20H,3-5,8-10H2,1-2H3. The molecule has 1 aliphatic rings. The summed E-state index contributed by atoms with van der Waals surface area (Å²) in [5.74, 6) is -0.655. The van der Waals surface area contributed by atoms with Gasteiger partial charge in [-0.05, 0) is 32.4 Å². The summed E-state index contributed by atoms with van der Waals surface area (Å²) >= 11 is 0. The highest BCUT2D eigenvalue weighted by Gasteiger charge is 2.35. The summed E-state index contributed by atoms with van der Waals surface area (Å²) in [7, 11) is 0. The molecule has 0 fully saturated rings.